The van der Waals surface area contributed by atoms with Crippen molar-refractivity contribution in [2.75, 3.05) is 24.6 Å². The zero-order valence-corrected chi connectivity index (χ0v) is 20.5. The fourth-order valence-corrected chi connectivity index (χ4v) is 13.6. The van der Waals surface area contributed by atoms with Gasteiger partial charge in [0.05, 0.1) is 0 Å². The zero-order valence-electron chi connectivity index (χ0n) is 18.8. The minimum atomic E-state index is -6.04. The molecule has 0 aromatic rings. The molecule has 0 rings (SSSR count). The Morgan fingerprint density at radius 3 is 1.32 bits per heavy atom. The molecule has 0 amide bonds. The molecule has 0 aliphatic carbocycles. The summed E-state index contributed by atoms with van der Waals surface area (Å²) < 4.78 is 113. The maximum atomic E-state index is 14.4. The topological polar surface area (TPSA) is 52.6 Å². The van der Waals surface area contributed by atoms with Crippen LogP contribution in [0.15, 0.2) is 0 Å². The molecule has 190 valence electrons. The number of hydrogen-bond donors (Lipinski definition) is 0. The van der Waals surface area contributed by atoms with Gasteiger partial charge in [-0.05, 0) is 0 Å². The first-order valence-corrected chi connectivity index (χ1v) is 15.2. The molecule has 0 bridgehead atoms. The Balaban J connectivity index is 6.45. The molecule has 0 aromatic heterocycles. The van der Waals surface area contributed by atoms with Gasteiger partial charge in [0.1, 0.15) is 0 Å². The van der Waals surface area contributed by atoms with Gasteiger partial charge in [-0.1, -0.05) is 0 Å². The Hall–Kier alpha value is -0.120. The maximum absolute atomic E-state index is 14.4. The van der Waals surface area contributed by atoms with E-state index in [1.165, 1.54) is 0 Å². The summed E-state index contributed by atoms with van der Waals surface area (Å²) in [6.07, 6.45) is -4.43. The molecular weight excluding hydrogens is 469 g/mol. The molecule has 31 heavy (non-hydrogen) atoms. The number of unbranched alkanes of at least 4 members (excludes halogenated alkanes) is 4. The first-order valence-electron chi connectivity index (χ1n) is 10.9. The van der Waals surface area contributed by atoms with Crippen LogP contribution in [0.1, 0.15) is 79.1 Å². The Morgan fingerprint density at radius 1 is 0.742 bits per heavy atom. The van der Waals surface area contributed by atoms with E-state index in [1.807, 2.05) is 27.7 Å². The zero-order chi connectivity index (χ0) is 24.4. The molecule has 1 atom stereocenters. The van der Waals surface area contributed by atoms with E-state index in [2.05, 4.69) is 4.74 Å². The van der Waals surface area contributed by atoms with Crippen LogP contribution in [0.5, 0.6) is 0 Å². The van der Waals surface area contributed by atoms with Crippen LogP contribution in [0, 0.1) is 0 Å². The first kappa shape index (κ1) is 30.9. The Kier molecular flexibility index (Phi) is 12.3. The number of ether oxygens (including phenoxy) is 1. The molecule has 0 spiro atoms. The minimum absolute atomic E-state index is 0.258. The summed E-state index contributed by atoms with van der Waals surface area (Å²) >= 11 is 0. The van der Waals surface area contributed by atoms with Crippen molar-refractivity contribution in [3.63, 3.8) is 0 Å². The van der Waals surface area contributed by atoms with Crippen LogP contribution in [0.25, 0.3) is 0 Å². The number of hydrogen-bond acceptors (Lipinski definition) is 4. The van der Waals surface area contributed by atoms with Gasteiger partial charge in [0, 0.05) is 0 Å². The van der Waals surface area contributed by atoms with Gasteiger partial charge in [0.25, 0.3) is 0 Å². The molecule has 12 heteroatoms. The molecule has 0 aromatic carbocycles. The standard InChI is InChI=1S/C19H37F6O4PS/c1-5-9-13-30(14-10-6-2,15-11-7-3,16-12-8-4)29-31(26,27)18(21,22)17(20)28-19(23,24)25/h17H,5-16H2,1-4H3. The summed E-state index contributed by atoms with van der Waals surface area (Å²) in [5.74, 6) is 0. The molecule has 0 aliphatic heterocycles. The third-order valence-corrected chi connectivity index (χ3v) is 14.6. The molecule has 0 saturated carbocycles. The normalized spacial score (nSPS) is 16.1. The average Bonchev–Trinajstić information content (AvgIpc) is 2.66. The van der Waals surface area contributed by atoms with E-state index in [9.17, 15) is 34.8 Å². The summed E-state index contributed by atoms with van der Waals surface area (Å²) in [6, 6.07) is 0. The SMILES string of the molecule is CCCCP(CCCC)(CCCC)(CCCC)OS(=O)(=O)C(F)(F)C(F)OC(F)(F)F. The average molecular weight is 507 g/mol. The van der Waals surface area contributed by atoms with Gasteiger partial charge in [0.2, 0.25) is 0 Å². The van der Waals surface area contributed by atoms with Crippen LogP contribution in [-0.4, -0.2) is 51.0 Å². The molecule has 0 heterocycles. The van der Waals surface area contributed by atoms with E-state index in [4.69, 9.17) is 3.97 Å². The summed E-state index contributed by atoms with van der Waals surface area (Å²) in [6.45, 7) is 3.60. The Labute approximate surface area is 182 Å². The summed E-state index contributed by atoms with van der Waals surface area (Å²) in [5.41, 5.74) is 0. The second kappa shape index (κ2) is 12.4. The summed E-state index contributed by atoms with van der Waals surface area (Å²) in [4.78, 5) is 0. The van der Waals surface area contributed by atoms with Gasteiger partial charge in [-0.3, -0.25) is 0 Å². The van der Waals surface area contributed by atoms with Crippen LogP contribution in [0.2, 0.25) is 0 Å². The Bertz CT molecular complexity index is 584. The molecular formula is C19H37F6O4PS. The van der Waals surface area contributed by atoms with E-state index in [-0.39, 0.29) is 24.6 Å². The molecule has 0 N–H and O–H groups in total. The third kappa shape index (κ3) is 8.97. The number of rotatable bonds is 17. The second-order valence-corrected chi connectivity index (χ2v) is 15.7. The van der Waals surface area contributed by atoms with E-state index >= 15 is 0 Å². The van der Waals surface area contributed by atoms with Crippen molar-refractivity contribution in [3.8, 4) is 0 Å². The van der Waals surface area contributed by atoms with Crippen LogP contribution in [0.4, 0.5) is 26.3 Å². The third-order valence-electron chi connectivity index (χ3n) is 5.45. The predicted octanol–water partition coefficient (Wildman–Crippen LogP) is 7.43. The molecule has 0 aliphatic rings. The van der Waals surface area contributed by atoms with Crippen molar-refractivity contribution in [3.05, 3.63) is 0 Å². The van der Waals surface area contributed by atoms with Crippen molar-refractivity contribution in [1.82, 2.24) is 0 Å². The quantitative estimate of drug-likeness (QED) is 0.152. The van der Waals surface area contributed by atoms with Crippen molar-refractivity contribution >= 4 is 16.9 Å². The van der Waals surface area contributed by atoms with E-state index in [1.54, 1.807) is 0 Å². The van der Waals surface area contributed by atoms with Gasteiger partial charge >= 0.3 is 182 Å². The number of halogens is 6. The van der Waals surface area contributed by atoms with E-state index in [0.29, 0.717) is 51.4 Å². The van der Waals surface area contributed by atoms with Crippen LogP contribution in [0.3, 0.4) is 0 Å². The van der Waals surface area contributed by atoms with E-state index < -0.39 is 34.9 Å². The molecule has 0 saturated heterocycles. The van der Waals surface area contributed by atoms with Crippen LogP contribution in [-0.2, 0) is 18.8 Å². The van der Waals surface area contributed by atoms with Crippen molar-refractivity contribution in [2.24, 2.45) is 0 Å². The number of alkyl halides is 6. The fraction of sp³-hybridized carbons (Fsp3) is 1.00. The van der Waals surface area contributed by atoms with Crippen molar-refractivity contribution in [1.29, 1.82) is 0 Å². The van der Waals surface area contributed by atoms with Crippen LogP contribution < -0.4 is 0 Å². The predicted molar refractivity (Wildman–Crippen MR) is 113 cm³/mol. The van der Waals surface area contributed by atoms with Crippen LogP contribution >= 0.6 is 6.83 Å². The van der Waals surface area contributed by atoms with E-state index in [0.717, 1.165) is 0 Å². The first-order chi connectivity index (χ1) is 14.1. The fourth-order valence-electron chi connectivity index (χ4n) is 3.68. The molecule has 0 fully saturated rings. The Morgan fingerprint density at radius 2 is 1.06 bits per heavy atom. The monoisotopic (exact) mass is 506 g/mol. The van der Waals surface area contributed by atoms with Gasteiger partial charge in [0.15, 0.2) is 0 Å². The molecule has 1 unspecified atom stereocenters. The van der Waals surface area contributed by atoms with Gasteiger partial charge in [-0.15, -0.1) is 0 Å². The van der Waals surface area contributed by atoms with Crippen molar-refractivity contribution < 1.29 is 43.5 Å². The van der Waals surface area contributed by atoms with Crippen molar-refractivity contribution in [2.45, 2.75) is 97.0 Å². The van der Waals surface area contributed by atoms with Gasteiger partial charge in [-0.2, -0.15) is 0 Å². The molecule has 4 nitrogen and oxygen atoms in total. The summed E-state index contributed by atoms with van der Waals surface area (Å²) in [5, 5.41) is -5.50. The molecule has 0 radical (unpaired) electrons. The summed E-state index contributed by atoms with van der Waals surface area (Å²) in [7, 11) is -6.04. The van der Waals surface area contributed by atoms with Gasteiger partial charge in [-0.25, -0.2) is 0 Å². The second-order valence-electron chi connectivity index (χ2n) is 8.14. The van der Waals surface area contributed by atoms with Gasteiger partial charge < -0.3 is 0 Å².